The Bertz CT molecular complexity index is 1560. The summed E-state index contributed by atoms with van der Waals surface area (Å²) in [4.78, 5) is 24.5. The van der Waals surface area contributed by atoms with E-state index in [2.05, 4.69) is 35.4 Å². The molecule has 2 aromatic carbocycles. The molecule has 0 saturated carbocycles. The highest BCUT2D eigenvalue weighted by Crippen LogP contribution is 2.30. The number of hydrogen-bond donors (Lipinski definition) is 2. The van der Waals surface area contributed by atoms with Crippen LogP contribution in [-0.2, 0) is 16.4 Å². The number of carbonyl (C=O) groups is 1. The zero-order valence-corrected chi connectivity index (χ0v) is 20.8. The summed E-state index contributed by atoms with van der Waals surface area (Å²) in [6.45, 7) is -0.255. The molecule has 2 N–H and O–H groups in total. The predicted molar refractivity (Wildman–Crippen MR) is 128 cm³/mol. The number of benzene rings is 2. The van der Waals surface area contributed by atoms with Crippen molar-refractivity contribution in [2.24, 2.45) is 0 Å². The maximum absolute atomic E-state index is 13.1. The van der Waals surface area contributed by atoms with Crippen LogP contribution in [0.25, 0.3) is 5.95 Å². The quantitative estimate of drug-likeness (QED) is 0.327. The molecule has 0 saturated heterocycles. The second-order valence-electron chi connectivity index (χ2n) is 7.44. The fourth-order valence-corrected chi connectivity index (χ4v) is 4.63. The lowest BCUT2D eigenvalue weighted by molar-refractivity contribution is -0.274. The van der Waals surface area contributed by atoms with Gasteiger partial charge in [-0.15, -0.1) is 18.3 Å². The maximum atomic E-state index is 13.1. The summed E-state index contributed by atoms with van der Waals surface area (Å²) in [5.41, 5.74) is -0.407. The van der Waals surface area contributed by atoms with Gasteiger partial charge in [-0.1, -0.05) is 11.6 Å². The minimum Gasteiger partial charge on any atom is -0.406 e. The molecule has 198 valence electrons. The number of nitrogens with one attached hydrogen (secondary N) is 2. The number of anilines is 1. The molecule has 0 fully saturated rings. The first-order valence-corrected chi connectivity index (χ1v) is 12.4. The first kappa shape index (κ1) is 26.8. The third-order valence-electron chi connectivity index (χ3n) is 4.86. The molecule has 1 amide bonds. The van der Waals surface area contributed by atoms with Crippen LogP contribution in [0.5, 0.6) is 5.75 Å². The molecule has 0 radical (unpaired) electrons. The van der Waals surface area contributed by atoms with Crippen molar-refractivity contribution in [1.82, 2.24) is 30.0 Å². The summed E-state index contributed by atoms with van der Waals surface area (Å²) in [5.74, 6) is -1.26. The highest BCUT2D eigenvalue weighted by molar-refractivity contribution is 7.91. The molecule has 16 heteroatoms. The van der Waals surface area contributed by atoms with Gasteiger partial charge in [-0.2, -0.15) is 9.67 Å². The van der Waals surface area contributed by atoms with Gasteiger partial charge in [-0.05, 0) is 48.5 Å². The molecule has 0 aliphatic heterocycles. The largest absolute Gasteiger partial charge is 0.573 e. The fraction of sp³-hybridized carbons (Fsp3) is 0.136. The minimum atomic E-state index is -5.13. The van der Waals surface area contributed by atoms with Crippen molar-refractivity contribution in [1.29, 1.82) is 0 Å². The lowest BCUT2D eigenvalue weighted by atomic mass is 10.2. The van der Waals surface area contributed by atoms with Crippen molar-refractivity contribution in [2.45, 2.75) is 22.7 Å². The number of hydrogen-bond acceptors (Lipinski definition) is 9. The van der Waals surface area contributed by atoms with Gasteiger partial charge in [0.25, 0.3) is 11.9 Å². The Hall–Kier alpha value is -4.24. The van der Waals surface area contributed by atoms with Crippen LogP contribution in [0.15, 0.2) is 70.7 Å². The fourth-order valence-electron chi connectivity index (χ4n) is 3.19. The number of carbonyl (C=O) groups excluding carboxylic acids is 1. The average Bonchev–Trinajstić information content (AvgIpc) is 3.30. The second-order valence-corrected chi connectivity index (χ2v) is 9.83. The number of rotatable bonds is 8. The Morgan fingerprint density at radius 3 is 2.39 bits per heavy atom. The topological polar surface area (TPSA) is 141 Å². The summed E-state index contributed by atoms with van der Waals surface area (Å²) in [6, 6.07) is 8.97. The molecular weight excluding hydrogens is 551 g/mol. The maximum Gasteiger partial charge on any atom is 0.573 e. The van der Waals surface area contributed by atoms with Crippen LogP contribution in [0.1, 0.15) is 16.2 Å². The molecule has 38 heavy (non-hydrogen) atoms. The summed E-state index contributed by atoms with van der Waals surface area (Å²) in [7, 11) is -2.76. The number of alkyl halides is 3. The van der Waals surface area contributed by atoms with E-state index in [4.69, 9.17) is 11.6 Å². The Balaban J connectivity index is 1.67. The van der Waals surface area contributed by atoms with E-state index in [0.29, 0.717) is 6.07 Å². The molecule has 0 spiro atoms. The lowest BCUT2D eigenvalue weighted by Gasteiger charge is -2.13. The molecule has 0 unspecified atom stereocenters. The number of amides is 1. The molecule has 0 atom stereocenters. The van der Waals surface area contributed by atoms with Crippen LogP contribution in [0.4, 0.5) is 19.1 Å². The standard InChI is InChI=1S/C22H17ClF3N7O4S/c1-27-20-31-18(33(32-20)21-28-7-2-8-29-21)12-30-19(34)13-9-15(37-22(24,25)26)11-17(10-13)38(35,36)16-5-3-14(23)4-6-16/h2-11H,12H2,1H3,(H,27,32)(H,30,34). The molecule has 2 aromatic heterocycles. The molecule has 0 aliphatic carbocycles. The number of sulfone groups is 1. The zero-order chi connectivity index (χ0) is 27.5. The van der Waals surface area contributed by atoms with Gasteiger partial charge in [0.2, 0.25) is 15.8 Å². The number of halogens is 4. The van der Waals surface area contributed by atoms with Crippen molar-refractivity contribution < 1.29 is 31.1 Å². The van der Waals surface area contributed by atoms with Crippen molar-refractivity contribution in [3.05, 3.63) is 77.3 Å². The van der Waals surface area contributed by atoms with Crippen molar-refractivity contribution in [3.63, 3.8) is 0 Å². The van der Waals surface area contributed by atoms with E-state index in [1.807, 2.05) is 0 Å². The van der Waals surface area contributed by atoms with Gasteiger partial charge in [-0.3, -0.25) is 4.79 Å². The summed E-state index contributed by atoms with van der Waals surface area (Å²) >= 11 is 5.80. The summed E-state index contributed by atoms with van der Waals surface area (Å²) in [6.07, 6.45) is -2.19. The van der Waals surface area contributed by atoms with Crippen LogP contribution in [0.2, 0.25) is 5.02 Å². The highest BCUT2D eigenvalue weighted by Gasteiger charge is 2.32. The van der Waals surface area contributed by atoms with Crippen LogP contribution < -0.4 is 15.4 Å². The molecular formula is C22H17ClF3N7O4S. The van der Waals surface area contributed by atoms with Crippen LogP contribution >= 0.6 is 11.6 Å². The van der Waals surface area contributed by atoms with Gasteiger partial charge in [0, 0.05) is 30.0 Å². The van der Waals surface area contributed by atoms with E-state index < -0.39 is 38.3 Å². The molecule has 4 aromatic rings. The zero-order valence-electron chi connectivity index (χ0n) is 19.3. The van der Waals surface area contributed by atoms with Gasteiger partial charge >= 0.3 is 6.36 Å². The minimum absolute atomic E-state index is 0.155. The third-order valence-corrected chi connectivity index (χ3v) is 6.86. The predicted octanol–water partition coefficient (Wildman–Crippen LogP) is 3.41. The molecule has 0 aliphatic rings. The highest BCUT2D eigenvalue weighted by atomic mass is 35.5. The van der Waals surface area contributed by atoms with Crippen molar-refractivity contribution in [2.75, 3.05) is 12.4 Å². The number of ether oxygens (including phenoxy) is 1. The van der Waals surface area contributed by atoms with Gasteiger partial charge in [-0.25, -0.2) is 18.4 Å². The Kier molecular flexibility index (Phi) is 7.50. The van der Waals surface area contributed by atoms with Gasteiger partial charge < -0.3 is 15.4 Å². The van der Waals surface area contributed by atoms with Crippen molar-refractivity contribution in [3.8, 4) is 11.7 Å². The van der Waals surface area contributed by atoms with E-state index in [9.17, 15) is 26.4 Å². The molecule has 11 nitrogen and oxygen atoms in total. The Labute approximate surface area is 218 Å². The van der Waals surface area contributed by atoms with E-state index in [1.165, 1.54) is 41.3 Å². The third kappa shape index (κ3) is 6.18. The molecule has 0 bridgehead atoms. The number of nitrogens with zero attached hydrogens (tertiary/aromatic N) is 5. The normalized spacial score (nSPS) is 11.7. The molecule has 4 rings (SSSR count). The van der Waals surface area contributed by atoms with E-state index in [0.717, 1.165) is 12.1 Å². The average molecular weight is 568 g/mol. The van der Waals surface area contributed by atoms with E-state index >= 15 is 0 Å². The first-order valence-electron chi connectivity index (χ1n) is 10.6. The lowest BCUT2D eigenvalue weighted by Crippen LogP contribution is -2.25. The molecule has 2 heterocycles. The van der Waals surface area contributed by atoms with Crippen molar-refractivity contribution >= 4 is 33.3 Å². The van der Waals surface area contributed by atoms with Gasteiger partial charge in [0.05, 0.1) is 16.3 Å². The first-order chi connectivity index (χ1) is 18.0. The van der Waals surface area contributed by atoms with Crippen LogP contribution in [0, 0.1) is 0 Å². The summed E-state index contributed by atoms with van der Waals surface area (Å²) in [5, 5.41) is 9.66. The Morgan fingerprint density at radius 1 is 1.08 bits per heavy atom. The number of aromatic nitrogens is 5. The van der Waals surface area contributed by atoms with Crippen LogP contribution in [0.3, 0.4) is 0 Å². The van der Waals surface area contributed by atoms with Crippen LogP contribution in [-0.4, -0.2) is 52.5 Å². The van der Waals surface area contributed by atoms with Gasteiger partial charge in [0.15, 0.2) is 5.82 Å². The monoisotopic (exact) mass is 567 g/mol. The SMILES string of the molecule is CNc1nc(CNC(=O)c2cc(OC(F)(F)F)cc(S(=O)(=O)c3ccc(Cl)cc3)c2)n(-c2ncccn2)n1. The van der Waals surface area contributed by atoms with E-state index in [1.54, 1.807) is 13.1 Å². The van der Waals surface area contributed by atoms with E-state index in [-0.39, 0.29) is 34.2 Å². The summed E-state index contributed by atoms with van der Waals surface area (Å²) < 4.78 is 70.3. The smallest absolute Gasteiger partial charge is 0.406 e. The van der Waals surface area contributed by atoms with Gasteiger partial charge in [0.1, 0.15) is 5.75 Å². The Morgan fingerprint density at radius 2 is 1.76 bits per heavy atom. The second kappa shape index (κ2) is 10.6.